The van der Waals surface area contributed by atoms with Gasteiger partial charge < -0.3 is 10.2 Å². The van der Waals surface area contributed by atoms with Gasteiger partial charge >= 0.3 is 0 Å². The number of pyridine rings is 1. The molecule has 0 unspecified atom stereocenters. The molecule has 0 atom stereocenters. The van der Waals surface area contributed by atoms with Crippen molar-refractivity contribution in [2.75, 3.05) is 34.8 Å². The maximum Gasteiger partial charge on any atom is 0.275 e. The van der Waals surface area contributed by atoms with Crippen LogP contribution >= 0.6 is 23.1 Å². The molecule has 1 N–H and O–H groups in total. The third-order valence-corrected chi connectivity index (χ3v) is 6.18. The lowest BCUT2D eigenvalue weighted by Crippen LogP contribution is -2.32. The van der Waals surface area contributed by atoms with Crippen LogP contribution in [0.4, 0.5) is 11.5 Å². The van der Waals surface area contributed by atoms with E-state index in [4.69, 9.17) is 0 Å². The van der Waals surface area contributed by atoms with Gasteiger partial charge in [-0.05, 0) is 36.8 Å². The van der Waals surface area contributed by atoms with Crippen LogP contribution in [0.15, 0.2) is 48.0 Å². The van der Waals surface area contributed by atoms with Crippen molar-refractivity contribution in [2.24, 2.45) is 0 Å². The lowest BCUT2D eigenvalue weighted by Gasteiger charge is -2.27. The summed E-state index contributed by atoms with van der Waals surface area (Å²) in [7, 11) is 0. The Morgan fingerprint density at radius 2 is 2.04 bits per heavy atom. The highest BCUT2D eigenvalue weighted by molar-refractivity contribution is 7.99. The van der Waals surface area contributed by atoms with E-state index in [-0.39, 0.29) is 5.91 Å². The highest BCUT2D eigenvalue weighted by Crippen LogP contribution is 2.26. The summed E-state index contributed by atoms with van der Waals surface area (Å²) in [5.41, 5.74) is 3.24. The van der Waals surface area contributed by atoms with Crippen molar-refractivity contribution in [1.82, 2.24) is 9.97 Å². The first-order chi connectivity index (χ1) is 13.2. The van der Waals surface area contributed by atoms with Crippen molar-refractivity contribution >= 4 is 40.5 Å². The SMILES string of the molecule is Cc1cccc(NC(=O)c2csc(-c3ccc(N4CCSCC4)nc3)n2)c1. The van der Waals surface area contributed by atoms with Gasteiger partial charge in [0, 0.05) is 47.4 Å². The molecular formula is C20H20N4OS2. The molecule has 1 aromatic carbocycles. The van der Waals surface area contributed by atoms with E-state index >= 15 is 0 Å². The molecule has 3 aromatic rings. The van der Waals surface area contributed by atoms with Gasteiger partial charge in [0.25, 0.3) is 5.91 Å². The number of thioether (sulfide) groups is 1. The van der Waals surface area contributed by atoms with Crippen LogP contribution in [0.1, 0.15) is 16.1 Å². The molecule has 1 fully saturated rings. The first-order valence-electron chi connectivity index (χ1n) is 8.82. The smallest absolute Gasteiger partial charge is 0.275 e. The van der Waals surface area contributed by atoms with E-state index in [1.165, 1.54) is 11.3 Å². The number of hydrogen-bond donors (Lipinski definition) is 1. The number of rotatable bonds is 4. The third-order valence-electron chi connectivity index (χ3n) is 4.34. The number of nitrogens with one attached hydrogen (secondary N) is 1. The normalized spacial score (nSPS) is 14.2. The van der Waals surface area contributed by atoms with Gasteiger partial charge in [-0.15, -0.1) is 11.3 Å². The minimum Gasteiger partial charge on any atom is -0.355 e. The van der Waals surface area contributed by atoms with Gasteiger partial charge in [-0.25, -0.2) is 9.97 Å². The highest BCUT2D eigenvalue weighted by atomic mass is 32.2. The molecule has 0 radical (unpaired) electrons. The number of thiazole rings is 1. The van der Waals surface area contributed by atoms with Crippen LogP contribution in [-0.2, 0) is 0 Å². The lowest BCUT2D eigenvalue weighted by molar-refractivity contribution is 0.102. The number of benzene rings is 1. The van der Waals surface area contributed by atoms with E-state index in [0.29, 0.717) is 5.69 Å². The third kappa shape index (κ3) is 4.31. The number of aryl methyl sites for hydroxylation is 1. The molecule has 1 aliphatic heterocycles. The van der Waals surface area contributed by atoms with Gasteiger partial charge in [-0.2, -0.15) is 11.8 Å². The Labute approximate surface area is 166 Å². The molecule has 1 amide bonds. The van der Waals surface area contributed by atoms with Gasteiger partial charge in [-0.3, -0.25) is 4.79 Å². The highest BCUT2D eigenvalue weighted by Gasteiger charge is 2.15. The molecule has 138 valence electrons. The summed E-state index contributed by atoms with van der Waals surface area (Å²) in [6, 6.07) is 11.8. The largest absolute Gasteiger partial charge is 0.355 e. The number of anilines is 2. The maximum absolute atomic E-state index is 12.4. The second-order valence-electron chi connectivity index (χ2n) is 6.37. The zero-order valence-electron chi connectivity index (χ0n) is 15.0. The number of carbonyl (C=O) groups excluding carboxylic acids is 1. The first kappa shape index (κ1) is 18.0. The number of aromatic nitrogens is 2. The van der Waals surface area contributed by atoms with Crippen LogP contribution in [-0.4, -0.2) is 40.5 Å². The molecule has 1 saturated heterocycles. The molecule has 4 rings (SSSR count). The summed E-state index contributed by atoms with van der Waals surface area (Å²) in [6.45, 7) is 4.07. The van der Waals surface area contributed by atoms with Gasteiger partial charge in [0.2, 0.25) is 0 Å². The fraction of sp³-hybridized carbons (Fsp3) is 0.250. The van der Waals surface area contributed by atoms with Crippen LogP contribution in [0.5, 0.6) is 0 Å². The number of nitrogens with zero attached hydrogens (tertiary/aromatic N) is 3. The summed E-state index contributed by atoms with van der Waals surface area (Å²) in [5.74, 6) is 3.11. The minimum absolute atomic E-state index is 0.196. The fourth-order valence-corrected chi connectivity index (χ4v) is 4.61. The minimum atomic E-state index is -0.196. The predicted octanol–water partition coefficient (Wildman–Crippen LogP) is 4.32. The van der Waals surface area contributed by atoms with Crippen LogP contribution in [0.25, 0.3) is 10.6 Å². The van der Waals surface area contributed by atoms with Crippen molar-refractivity contribution in [3.63, 3.8) is 0 Å². The predicted molar refractivity (Wildman–Crippen MR) is 114 cm³/mol. The number of hydrogen-bond acceptors (Lipinski definition) is 6. The quantitative estimate of drug-likeness (QED) is 0.712. The first-order valence-corrected chi connectivity index (χ1v) is 10.9. The number of carbonyl (C=O) groups is 1. The lowest BCUT2D eigenvalue weighted by atomic mass is 10.2. The Morgan fingerprint density at radius 1 is 1.19 bits per heavy atom. The zero-order valence-corrected chi connectivity index (χ0v) is 16.6. The van der Waals surface area contributed by atoms with Gasteiger partial charge in [0.15, 0.2) is 0 Å². The second kappa shape index (κ2) is 8.10. The van der Waals surface area contributed by atoms with Crippen molar-refractivity contribution in [3.8, 4) is 10.6 Å². The van der Waals surface area contributed by atoms with Crippen molar-refractivity contribution in [2.45, 2.75) is 6.92 Å². The average molecular weight is 397 g/mol. The van der Waals surface area contributed by atoms with Crippen LogP contribution in [0.3, 0.4) is 0 Å². The summed E-state index contributed by atoms with van der Waals surface area (Å²) in [6.07, 6.45) is 1.85. The Kier molecular flexibility index (Phi) is 5.40. The molecule has 2 aromatic heterocycles. The summed E-state index contributed by atoms with van der Waals surface area (Å²) >= 11 is 3.44. The molecule has 3 heterocycles. The summed E-state index contributed by atoms with van der Waals surface area (Å²) in [4.78, 5) is 23.8. The molecule has 0 aliphatic carbocycles. The second-order valence-corrected chi connectivity index (χ2v) is 8.45. The Hall–Kier alpha value is -2.38. The standard InChI is InChI=1S/C20H20N4OS2/c1-14-3-2-4-16(11-14)22-19(25)17-13-27-20(23-17)15-5-6-18(21-12-15)24-7-9-26-10-8-24/h2-6,11-13H,7-10H2,1H3,(H,22,25). The van der Waals surface area contributed by atoms with Gasteiger partial charge in [-0.1, -0.05) is 12.1 Å². The molecule has 7 heteroatoms. The molecule has 0 spiro atoms. The Bertz CT molecular complexity index is 933. The van der Waals surface area contributed by atoms with Crippen molar-refractivity contribution in [1.29, 1.82) is 0 Å². The van der Waals surface area contributed by atoms with E-state index in [1.54, 1.807) is 5.38 Å². The van der Waals surface area contributed by atoms with Crippen molar-refractivity contribution < 1.29 is 4.79 Å². The van der Waals surface area contributed by atoms with Crippen molar-refractivity contribution in [3.05, 3.63) is 59.2 Å². The van der Waals surface area contributed by atoms with E-state index < -0.39 is 0 Å². The van der Waals surface area contributed by atoms with Gasteiger partial charge in [0.05, 0.1) is 0 Å². The average Bonchev–Trinajstić information content (AvgIpc) is 3.19. The number of amides is 1. The van der Waals surface area contributed by atoms with Crippen LogP contribution in [0.2, 0.25) is 0 Å². The molecule has 0 saturated carbocycles. The van der Waals surface area contributed by atoms with E-state index in [1.807, 2.05) is 61.3 Å². The molecular weight excluding hydrogens is 376 g/mol. The summed E-state index contributed by atoms with van der Waals surface area (Å²) in [5, 5.41) is 5.49. The zero-order chi connectivity index (χ0) is 18.6. The monoisotopic (exact) mass is 396 g/mol. The van der Waals surface area contributed by atoms with Crippen LogP contribution < -0.4 is 10.2 Å². The Morgan fingerprint density at radius 3 is 2.78 bits per heavy atom. The topological polar surface area (TPSA) is 58.1 Å². The van der Waals surface area contributed by atoms with E-state index in [9.17, 15) is 4.79 Å². The molecule has 1 aliphatic rings. The fourth-order valence-electron chi connectivity index (χ4n) is 2.92. The van der Waals surface area contributed by atoms with E-state index in [2.05, 4.69) is 20.2 Å². The van der Waals surface area contributed by atoms with E-state index in [0.717, 1.165) is 52.2 Å². The molecule has 27 heavy (non-hydrogen) atoms. The van der Waals surface area contributed by atoms with Gasteiger partial charge in [0.1, 0.15) is 16.5 Å². The maximum atomic E-state index is 12.4. The molecule has 5 nitrogen and oxygen atoms in total. The molecule has 0 bridgehead atoms. The summed E-state index contributed by atoms with van der Waals surface area (Å²) < 4.78 is 0. The van der Waals surface area contributed by atoms with Crippen LogP contribution in [0, 0.1) is 6.92 Å². The Balaban J connectivity index is 1.46.